The van der Waals surface area contributed by atoms with Crippen LogP contribution in [0.1, 0.15) is 5.69 Å². The molecule has 1 aromatic rings. The SMILES string of the molecule is COCC(O)CSc1nccc(C)n1. The number of aryl methyl sites for hydroxylation is 1. The minimum Gasteiger partial charge on any atom is -0.390 e. The molecular weight excluding hydrogens is 200 g/mol. The summed E-state index contributed by atoms with van der Waals surface area (Å²) in [7, 11) is 1.57. The predicted molar refractivity (Wildman–Crippen MR) is 55.4 cm³/mol. The van der Waals surface area contributed by atoms with Gasteiger partial charge in [0.25, 0.3) is 0 Å². The highest BCUT2D eigenvalue weighted by Gasteiger charge is 2.05. The molecule has 4 nitrogen and oxygen atoms in total. The van der Waals surface area contributed by atoms with Gasteiger partial charge in [-0.05, 0) is 13.0 Å². The lowest BCUT2D eigenvalue weighted by molar-refractivity contribution is 0.0793. The van der Waals surface area contributed by atoms with Crippen LogP contribution in [-0.2, 0) is 4.74 Å². The zero-order valence-electron chi connectivity index (χ0n) is 8.30. The van der Waals surface area contributed by atoms with E-state index in [0.29, 0.717) is 17.5 Å². The second kappa shape index (κ2) is 5.95. The first-order valence-electron chi connectivity index (χ1n) is 4.32. The van der Waals surface area contributed by atoms with Crippen molar-refractivity contribution in [3.05, 3.63) is 18.0 Å². The number of aliphatic hydroxyl groups is 1. The van der Waals surface area contributed by atoms with Crippen LogP contribution >= 0.6 is 11.8 Å². The van der Waals surface area contributed by atoms with Gasteiger partial charge in [0.15, 0.2) is 5.16 Å². The number of rotatable bonds is 5. The second-order valence-electron chi connectivity index (χ2n) is 2.90. The third-order valence-electron chi connectivity index (χ3n) is 1.54. The molecule has 0 aliphatic carbocycles. The van der Waals surface area contributed by atoms with Gasteiger partial charge in [0.05, 0.1) is 12.7 Å². The van der Waals surface area contributed by atoms with Crippen molar-refractivity contribution in [2.45, 2.75) is 18.2 Å². The molecule has 1 aromatic heterocycles. The topological polar surface area (TPSA) is 55.2 Å². The largest absolute Gasteiger partial charge is 0.390 e. The van der Waals surface area contributed by atoms with E-state index < -0.39 is 6.10 Å². The van der Waals surface area contributed by atoms with E-state index in [1.807, 2.05) is 13.0 Å². The first kappa shape index (κ1) is 11.4. The van der Waals surface area contributed by atoms with E-state index in [9.17, 15) is 5.11 Å². The molecule has 78 valence electrons. The Labute approximate surface area is 87.7 Å². The molecule has 0 saturated heterocycles. The Morgan fingerprint density at radius 1 is 1.64 bits per heavy atom. The van der Waals surface area contributed by atoms with Gasteiger partial charge in [-0.15, -0.1) is 0 Å². The molecule has 14 heavy (non-hydrogen) atoms. The van der Waals surface area contributed by atoms with E-state index in [4.69, 9.17) is 4.74 Å². The summed E-state index contributed by atoms with van der Waals surface area (Å²) in [5.74, 6) is 0.553. The summed E-state index contributed by atoms with van der Waals surface area (Å²) in [5, 5.41) is 10.1. The number of nitrogens with zero attached hydrogens (tertiary/aromatic N) is 2. The van der Waals surface area contributed by atoms with Gasteiger partial charge in [0.2, 0.25) is 0 Å². The molecule has 0 saturated carbocycles. The van der Waals surface area contributed by atoms with Gasteiger partial charge in [-0.1, -0.05) is 11.8 Å². The maximum atomic E-state index is 9.38. The lowest BCUT2D eigenvalue weighted by atomic mass is 10.4. The van der Waals surface area contributed by atoms with Gasteiger partial charge in [-0.2, -0.15) is 0 Å². The molecule has 0 aromatic carbocycles. The fourth-order valence-corrected chi connectivity index (χ4v) is 1.69. The van der Waals surface area contributed by atoms with E-state index >= 15 is 0 Å². The Balaban J connectivity index is 2.37. The molecule has 0 spiro atoms. The van der Waals surface area contributed by atoms with Crippen molar-refractivity contribution in [2.24, 2.45) is 0 Å². The van der Waals surface area contributed by atoms with Crippen molar-refractivity contribution < 1.29 is 9.84 Å². The number of ether oxygens (including phenoxy) is 1. The third kappa shape index (κ3) is 4.04. The van der Waals surface area contributed by atoms with Gasteiger partial charge >= 0.3 is 0 Å². The van der Waals surface area contributed by atoms with E-state index in [1.54, 1.807) is 13.3 Å². The number of hydrogen-bond acceptors (Lipinski definition) is 5. The highest BCUT2D eigenvalue weighted by Crippen LogP contribution is 2.13. The van der Waals surface area contributed by atoms with Crippen LogP contribution < -0.4 is 0 Å². The van der Waals surface area contributed by atoms with Crippen LogP contribution in [0.4, 0.5) is 0 Å². The summed E-state index contributed by atoms with van der Waals surface area (Å²) in [6.45, 7) is 2.26. The summed E-state index contributed by atoms with van der Waals surface area (Å²) >= 11 is 1.43. The highest BCUT2D eigenvalue weighted by atomic mass is 32.2. The first-order valence-corrected chi connectivity index (χ1v) is 5.30. The molecule has 1 heterocycles. The lowest BCUT2D eigenvalue weighted by Gasteiger charge is -2.07. The van der Waals surface area contributed by atoms with Crippen molar-refractivity contribution in [2.75, 3.05) is 19.5 Å². The third-order valence-corrected chi connectivity index (χ3v) is 2.54. The Morgan fingerprint density at radius 2 is 2.43 bits per heavy atom. The van der Waals surface area contributed by atoms with Crippen LogP contribution in [0.5, 0.6) is 0 Å². The second-order valence-corrected chi connectivity index (χ2v) is 3.89. The number of aromatic nitrogens is 2. The van der Waals surface area contributed by atoms with E-state index in [0.717, 1.165) is 5.69 Å². The first-order chi connectivity index (χ1) is 6.72. The van der Waals surface area contributed by atoms with Gasteiger partial charge < -0.3 is 9.84 Å². The van der Waals surface area contributed by atoms with Crippen LogP contribution in [0.2, 0.25) is 0 Å². The van der Waals surface area contributed by atoms with Crippen LogP contribution in [0, 0.1) is 6.92 Å². The molecule has 0 bridgehead atoms. The number of aliphatic hydroxyl groups excluding tert-OH is 1. The van der Waals surface area contributed by atoms with Crippen molar-refractivity contribution in [3.8, 4) is 0 Å². The van der Waals surface area contributed by atoms with Crippen LogP contribution in [0.25, 0.3) is 0 Å². The molecule has 0 fully saturated rings. The predicted octanol–water partition coefficient (Wildman–Crippen LogP) is 0.884. The highest BCUT2D eigenvalue weighted by molar-refractivity contribution is 7.99. The van der Waals surface area contributed by atoms with E-state index in [2.05, 4.69) is 9.97 Å². The quantitative estimate of drug-likeness (QED) is 0.582. The average molecular weight is 214 g/mol. The van der Waals surface area contributed by atoms with Gasteiger partial charge in [0, 0.05) is 24.8 Å². The zero-order chi connectivity index (χ0) is 10.4. The monoisotopic (exact) mass is 214 g/mol. The van der Waals surface area contributed by atoms with Gasteiger partial charge in [-0.3, -0.25) is 0 Å². The Kier molecular flexibility index (Phi) is 4.86. The van der Waals surface area contributed by atoms with Gasteiger partial charge in [-0.25, -0.2) is 9.97 Å². The van der Waals surface area contributed by atoms with Crippen molar-refractivity contribution in [1.29, 1.82) is 0 Å². The summed E-state index contributed by atoms with van der Waals surface area (Å²) in [6, 6.07) is 1.84. The minimum absolute atomic E-state index is 0.346. The fraction of sp³-hybridized carbons (Fsp3) is 0.556. The van der Waals surface area contributed by atoms with Gasteiger partial charge in [0.1, 0.15) is 0 Å². The normalized spacial score (nSPS) is 12.8. The smallest absolute Gasteiger partial charge is 0.187 e. The summed E-state index contributed by atoms with van der Waals surface area (Å²) in [5.41, 5.74) is 0.934. The standard InChI is InChI=1S/C9H14N2O2S/c1-7-3-4-10-9(11-7)14-6-8(12)5-13-2/h3-4,8,12H,5-6H2,1-2H3. The summed E-state index contributed by atoms with van der Waals surface area (Å²) < 4.78 is 4.81. The molecular formula is C9H14N2O2S. The van der Waals surface area contributed by atoms with E-state index in [1.165, 1.54) is 11.8 Å². The molecule has 0 aliphatic heterocycles. The van der Waals surface area contributed by atoms with Crippen LogP contribution in [0.15, 0.2) is 17.4 Å². The maximum absolute atomic E-state index is 9.38. The van der Waals surface area contributed by atoms with Crippen molar-refractivity contribution >= 4 is 11.8 Å². The molecule has 5 heteroatoms. The Morgan fingerprint density at radius 3 is 3.07 bits per heavy atom. The number of thioether (sulfide) groups is 1. The number of methoxy groups -OCH3 is 1. The molecule has 1 atom stereocenters. The van der Waals surface area contributed by atoms with Crippen molar-refractivity contribution in [1.82, 2.24) is 9.97 Å². The molecule has 0 amide bonds. The number of hydrogen-bond donors (Lipinski definition) is 1. The molecule has 0 aliphatic rings. The van der Waals surface area contributed by atoms with Crippen LogP contribution in [-0.4, -0.2) is 40.6 Å². The summed E-state index contributed by atoms with van der Waals surface area (Å²) in [4.78, 5) is 8.28. The van der Waals surface area contributed by atoms with Crippen LogP contribution in [0.3, 0.4) is 0 Å². The molecule has 1 rings (SSSR count). The van der Waals surface area contributed by atoms with Crippen molar-refractivity contribution in [3.63, 3.8) is 0 Å². The maximum Gasteiger partial charge on any atom is 0.187 e. The van der Waals surface area contributed by atoms with E-state index in [-0.39, 0.29) is 0 Å². The molecule has 0 radical (unpaired) electrons. The average Bonchev–Trinajstić information content (AvgIpc) is 2.15. The summed E-state index contributed by atoms with van der Waals surface area (Å²) in [6.07, 6.45) is 1.25. The fourth-order valence-electron chi connectivity index (χ4n) is 0.907. The Hall–Kier alpha value is -0.650. The Bertz CT molecular complexity index is 283. The zero-order valence-corrected chi connectivity index (χ0v) is 9.12. The lowest BCUT2D eigenvalue weighted by Crippen LogP contribution is -2.16. The molecule has 1 N–H and O–H groups in total. The minimum atomic E-state index is -0.464. The molecule has 1 unspecified atom stereocenters.